The van der Waals surface area contributed by atoms with Crippen LogP contribution in [0, 0.1) is 0 Å². The zero-order valence-electron chi connectivity index (χ0n) is 16.4. The highest BCUT2D eigenvalue weighted by Crippen LogP contribution is 2.23. The van der Waals surface area contributed by atoms with Gasteiger partial charge in [-0.05, 0) is 54.4 Å². The van der Waals surface area contributed by atoms with Gasteiger partial charge in [0.15, 0.2) is 0 Å². The Morgan fingerprint density at radius 3 is 2.38 bits per heavy atom. The van der Waals surface area contributed by atoms with Gasteiger partial charge in [0.05, 0.1) is 6.54 Å². The van der Waals surface area contributed by atoms with E-state index in [-0.39, 0.29) is 24.8 Å². The van der Waals surface area contributed by atoms with Gasteiger partial charge in [0.1, 0.15) is 24.2 Å². The summed E-state index contributed by atoms with van der Waals surface area (Å²) in [6, 6.07) is 23.5. The second kappa shape index (κ2) is 9.75. The molecule has 0 aromatic heterocycles. The molecule has 0 saturated carbocycles. The molecule has 0 saturated heterocycles. The number of rotatable bonds is 8. The Morgan fingerprint density at radius 2 is 1.69 bits per heavy atom. The van der Waals surface area contributed by atoms with Gasteiger partial charge in [-0.2, -0.15) is 0 Å². The predicted octanol–water partition coefficient (Wildman–Crippen LogP) is 3.96. The number of ether oxygens (including phenoxy) is 1. The number of carbonyl (C=O) groups is 1. The van der Waals surface area contributed by atoms with Crippen LogP contribution in [0.2, 0.25) is 0 Å². The van der Waals surface area contributed by atoms with Crippen molar-refractivity contribution in [3.8, 4) is 22.6 Å². The molecule has 29 heavy (non-hydrogen) atoms. The lowest BCUT2D eigenvalue weighted by Gasteiger charge is -2.24. The summed E-state index contributed by atoms with van der Waals surface area (Å²) in [5.41, 5.74) is 2.35. The summed E-state index contributed by atoms with van der Waals surface area (Å²) in [7, 11) is 0. The molecule has 0 aliphatic heterocycles. The molecule has 5 heteroatoms. The number of phenolic OH excluding ortho intramolecular Hbond substituents is 1. The minimum absolute atomic E-state index is 0.112. The first kappa shape index (κ1) is 20.4. The number of benzene rings is 3. The number of likely N-dealkylation sites (N-methyl/N-ethyl adjacent to an activating group) is 1. The summed E-state index contributed by atoms with van der Waals surface area (Å²) in [5.74, 6) is 0.735. The van der Waals surface area contributed by atoms with Crippen LogP contribution in [0.1, 0.15) is 17.3 Å². The fraction of sp³-hybridized carbons (Fsp3) is 0.208. The van der Waals surface area contributed by atoms with E-state index in [0.29, 0.717) is 17.9 Å². The van der Waals surface area contributed by atoms with Crippen molar-refractivity contribution >= 4 is 5.91 Å². The Hall–Kier alpha value is -3.31. The van der Waals surface area contributed by atoms with Gasteiger partial charge in [0.2, 0.25) is 0 Å². The summed E-state index contributed by atoms with van der Waals surface area (Å²) in [6.45, 7) is 2.66. The zero-order chi connectivity index (χ0) is 20.6. The molecule has 3 aromatic carbocycles. The normalized spacial score (nSPS) is 11.7. The minimum atomic E-state index is -0.792. The van der Waals surface area contributed by atoms with Crippen LogP contribution in [0.25, 0.3) is 11.1 Å². The standard InChI is InChI=1S/C24H25NO4/c1-2-25(16-22(27)17-29-23-9-4-3-5-10-23)24(28)20-8-6-7-19(15-20)18-11-13-21(26)14-12-18/h3-15,22,26-27H,2,16-17H2,1H3. The van der Waals surface area contributed by atoms with Gasteiger partial charge in [-0.3, -0.25) is 4.79 Å². The van der Waals surface area contributed by atoms with E-state index in [9.17, 15) is 15.0 Å². The van der Waals surface area contributed by atoms with Crippen molar-refractivity contribution in [3.63, 3.8) is 0 Å². The molecule has 0 bridgehead atoms. The fourth-order valence-corrected chi connectivity index (χ4v) is 3.04. The molecule has 150 valence electrons. The molecule has 3 rings (SSSR count). The first-order valence-electron chi connectivity index (χ1n) is 9.61. The monoisotopic (exact) mass is 391 g/mol. The second-order valence-corrected chi connectivity index (χ2v) is 6.75. The highest BCUT2D eigenvalue weighted by molar-refractivity contribution is 5.95. The average Bonchev–Trinajstić information content (AvgIpc) is 2.77. The number of carbonyl (C=O) groups excluding carboxylic acids is 1. The van der Waals surface area contributed by atoms with Crippen molar-refractivity contribution < 1.29 is 19.7 Å². The van der Waals surface area contributed by atoms with Crippen LogP contribution < -0.4 is 4.74 Å². The lowest BCUT2D eigenvalue weighted by atomic mass is 10.0. The lowest BCUT2D eigenvalue weighted by molar-refractivity contribution is 0.0514. The molecule has 2 N–H and O–H groups in total. The average molecular weight is 391 g/mol. The summed E-state index contributed by atoms with van der Waals surface area (Å²) in [5, 5.41) is 19.8. The van der Waals surface area contributed by atoms with E-state index < -0.39 is 6.10 Å². The molecule has 0 aliphatic rings. The van der Waals surface area contributed by atoms with Gasteiger partial charge >= 0.3 is 0 Å². The van der Waals surface area contributed by atoms with Crippen LogP contribution in [-0.4, -0.2) is 46.8 Å². The Labute approximate surface area is 170 Å². The molecule has 0 fully saturated rings. The molecule has 5 nitrogen and oxygen atoms in total. The maximum absolute atomic E-state index is 13.0. The summed E-state index contributed by atoms with van der Waals surface area (Å²) in [4.78, 5) is 14.6. The number of amides is 1. The number of aliphatic hydroxyl groups excluding tert-OH is 1. The molecule has 0 heterocycles. The third-order valence-corrected chi connectivity index (χ3v) is 4.60. The molecule has 3 aromatic rings. The smallest absolute Gasteiger partial charge is 0.253 e. The first-order chi connectivity index (χ1) is 14.1. The Bertz CT molecular complexity index is 925. The van der Waals surface area contributed by atoms with Gasteiger partial charge in [-0.25, -0.2) is 0 Å². The summed E-state index contributed by atoms with van der Waals surface area (Å²) in [6.07, 6.45) is -0.792. The van der Waals surface area contributed by atoms with Gasteiger partial charge in [-0.15, -0.1) is 0 Å². The largest absolute Gasteiger partial charge is 0.508 e. The van der Waals surface area contributed by atoms with Gasteiger partial charge in [-0.1, -0.05) is 42.5 Å². The lowest BCUT2D eigenvalue weighted by Crippen LogP contribution is -2.39. The quantitative estimate of drug-likeness (QED) is 0.610. The molecule has 0 radical (unpaired) electrons. The van der Waals surface area contributed by atoms with Crippen molar-refractivity contribution in [1.82, 2.24) is 4.90 Å². The molecular formula is C24H25NO4. The van der Waals surface area contributed by atoms with Crippen LogP contribution >= 0.6 is 0 Å². The molecule has 0 aliphatic carbocycles. The molecule has 1 unspecified atom stereocenters. The van der Waals surface area contributed by atoms with Gasteiger partial charge in [0.25, 0.3) is 5.91 Å². The van der Waals surface area contributed by atoms with E-state index >= 15 is 0 Å². The number of nitrogens with zero attached hydrogens (tertiary/aromatic N) is 1. The molecular weight excluding hydrogens is 366 g/mol. The van der Waals surface area contributed by atoms with E-state index in [1.807, 2.05) is 55.5 Å². The van der Waals surface area contributed by atoms with Gasteiger partial charge < -0.3 is 19.8 Å². The second-order valence-electron chi connectivity index (χ2n) is 6.75. The van der Waals surface area contributed by atoms with Crippen LogP contribution in [0.15, 0.2) is 78.9 Å². The molecule has 1 amide bonds. The third kappa shape index (κ3) is 5.59. The van der Waals surface area contributed by atoms with Crippen LogP contribution in [0.4, 0.5) is 0 Å². The topological polar surface area (TPSA) is 70.0 Å². The SMILES string of the molecule is CCN(CC(O)COc1ccccc1)C(=O)c1cccc(-c2ccc(O)cc2)c1. The third-order valence-electron chi connectivity index (χ3n) is 4.60. The number of aliphatic hydroxyl groups is 1. The van der Waals surface area contributed by atoms with Crippen molar-refractivity contribution in [1.29, 1.82) is 0 Å². The van der Waals surface area contributed by atoms with Crippen molar-refractivity contribution in [3.05, 3.63) is 84.4 Å². The fourth-order valence-electron chi connectivity index (χ4n) is 3.04. The maximum atomic E-state index is 13.0. The van der Waals surface area contributed by atoms with Crippen molar-refractivity contribution in [2.45, 2.75) is 13.0 Å². The highest BCUT2D eigenvalue weighted by Gasteiger charge is 2.18. The van der Waals surface area contributed by atoms with Crippen LogP contribution in [0.5, 0.6) is 11.5 Å². The molecule has 1 atom stereocenters. The highest BCUT2D eigenvalue weighted by atomic mass is 16.5. The number of phenols is 1. The van der Waals surface area contributed by atoms with E-state index in [0.717, 1.165) is 11.1 Å². The Balaban J connectivity index is 1.65. The van der Waals surface area contributed by atoms with Gasteiger partial charge in [0, 0.05) is 12.1 Å². The number of hydrogen-bond acceptors (Lipinski definition) is 4. The van der Waals surface area contributed by atoms with Crippen molar-refractivity contribution in [2.24, 2.45) is 0 Å². The summed E-state index contributed by atoms with van der Waals surface area (Å²) >= 11 is 0. The van der Waals surface area contributed by atoms with E-state index in [1.165, 1.54) is 0 Å². The Morgan fingerprint density at radius 1 is 0.966 bits per heavy atom. The zero-order valence-corrected chi connectivity index (χ0v) is 16.4. The number of aromatic hydroxyl groups is 1. The predicted molar refractivity (Wildman–Crippen MR) is 113 cm³/mol. The first-order valence-corrected chi connectivity index (χ1v) is 9.61. The van der Waals surface area contributed by atoms with Crippen molar-refractivity contribution in [2.75, 3.05) is 19.7 Å². The molecule has 0 spiro atoms. The number of para-hydroxylation sites is 1. The van der Waals surface area contributed by atoms with E-state index in [1.54, 1.807) is 35.2 Å². The number of hydrogen-bond donors (Lipinski definition) is 2. The minimum Gasteiger partial charge on any atom is -0.508 e. The summed E-state index contributed by atoms with van der Waals surface area (Å²) < 4.78 is 5.58. The van der Waals surface area contributed by atoms with Crippen LogP contribution in [0.3, 0.4) is 0 Å². The van der Waals surface area contributed by atoms with Crippen LogP contribution in [-0.2, 0) is 0 Å². The van der Waals surface area contributed by atoms with E-state index in [2.05, 4.69) is 0 Å². The Kier molecular flexibility index (Phi) is 6.87. The van der Waals surface area contributed by atoms with E-state index in [4.69, 9.17) is 4.74 Å². The maximum Gasteiger partial charge on any atom is 0.253 e.